The molecule has 0 atom stereocenters. The quantitative estimate of drug-likeness (QED) is 0.102. The summed E-state index contributed by atoms with van der Waals surface area (Å²) in [4.78, 5) is 31.3. The Morgan fingerprint density at radius 1 is 0.147 bits per heavy atom. The highest BCUT2D eigenvalue weighted by Crippen LogP contribution is 2.51. The molecule has 9 aromatic heterocycles. The molecule has 702 valence electrons. The summed E-state index contributed by atoms with van der Waals surface area (Å²) in [5, 5.41) is 11.0. The molecule has 0 amide bonds. The molecule has 0 aliphatic carbocycles. The van der Waals surface area contributed by atoms with Crippen LogP contribution in [0, 0.1) is 0 Å². The summed E-state index contributed by atoms with van der Waals surface area (Å²) in [7, 11) is 0. The first-order valence-electron chi connectivity index (χ1n) is 50.5. The molecule has 0 unspecified atom stereocenters. The Kier molecular flexibility index (Phi) is 22.3. The van der Waals surface area contributed by atoms with Gasteiger partial charge >= 0.3 is 0 Å². The standard InChI is InChI=1S/3C46H29N3S/c1-4-15-30(16-5-1)43-45-44(48-46(47-43)31-17-6-2-7-18-31)42-36(25-14-28-40(42)50-45)33-20-12-19-32(29-33)35-24-13-27-39-41(35)37-23-10-11-26-38(37)49(39)34-21-8-3-9-22-34;1-4-14-30(15-5-1)43-45-44(48-46(47-43)31-16-6-2-7-17-31)42-36(23-13-25-41(42)50-45)34-19-12-18-32(28-34)33-26-27-40-38(29-33)37-22-10-11-24-39(37)49(40)35-20-8-3-9-21-35;1-4-14-30(15-5-1)43-45-44(48-46(47-43)31-16-6-2-7-17-31)42-36(23-13-25-41(42)50-45)34-19-12-18-32(28-34)33-26-27-38-37-22-10-11-24-39(37)49(40(38)29-33)35-20-8-3-9-21-35/h3*1-29H. The van der Waals surface area contributed by atoms with E-state index in [1.54, 1.807) is 34.0 Å². The zero-order valence-electron chi connectivity index (χ0n) is 81.0. The van der Waals surface area contributed by atoms with Crippen LogP contribution < -0.4 is 0 Å². The molecular formula is C138H87N9S3. The predicted molar refractivity (Wildman–Crippen MR) is 633 cm³/mol. The van der Waals surface area contributed by atoms with Crippen LogP contribution >= 0.6 is 34.0 Å². The van der Waals surface area contributed by atoms with Crippen molar-refractivity contribution in [3.8, 4) is 152 Å². The van der Waals surface area contributed by atoms with E-state index in [-0.39, 0.29) is 0 Å². The van der Waals surface area contributed by atoms with Gasteiger partial charge in [0.25, 0.3) is 0 Å². The summed E-state index contributed by atoms with van der Waals surface area (Å²) in [5.41, 5.74) is 37.1. The maximum absolute atomic E-state index is 5.29. The van der Waals surface area contributed by atoms with Gasteiger partial charge in [0.1, 0.15) is 0 Å². The molecular weight excluding hydrogens is 1880 g/mol. The second-order valence-corrected chi connectivity index (χ2v) is 40.9. The Morgan fingerprint density at radius 3 is 0.793 bits per heavy atom. The molecule has 0 bridgehead atoms. The van der Waals surface area contributed by atoms with Crippen LogP contribution in [0.1, 0.15) is 0 Å². The third-order valence-corrected chi connectivity index (χ3v) is 32.3. The zero-order chi connectivity index (χ0) is 99.1. The summed E-state index contributed by atoms with van der Waals surface area (Å²) in [6.45, 7) is 0. The Labute approximate surface area is 876 Å². The Bertz CT molecular complexity index is 10400. The van der Waals surface area contributed by atoms with E-state index >= 15 is 0 Å². The van der Waals surface area contributed by atoms with E-state index in [0.717, 1.165) is 121 Å². The number of fused-ring (bicyclic) bond motifs is 18. The molecule has 0 N–H and O–H groups in total. The third-order valence-electron chi connectivity index (χ3n) is 28.8. The van der Waals surface area contributed by atoms with Crippen LogP contribution in [0.3, 0.4) is 0 Å². The molecule has 9 heterocycles. The van der Waals surface area contributed by atoms with E-state index in [4.69, 9.17) is 29.9 Å². The second kappa shape index (κ2) is 37.8. The van der Waals surface area contributed by atoms with E-state index in [1.165, 1.54) is 157 Å². The molecule has 30 aromatic rings. The predicted octanol–water partition coefficient (Wildman–Crippen LogP) is 37.8. The molecule has 12 heteroatoms. The molecule has 0 aliphatic heterocycles. The highest BCUT2D eigenvalue weighted by molar-refractivity contribution is 7.27. The van der Waals surface area contributed by atoms with Crippen LogP contribution in [0.15, 0.2) is 528 Å². The molecule has 0 aliphatic rings. The number of hydrogen-bond acceptors (Lipinski definition) is 9. The van der Waals surface area contributed by atoms with Crippen molar-refractivity contribution in [3.63, 3.8) is 0 Å². The molecule has 0 saturated carbocycles. The van der Waals surface area contributed by atoms with Crippen LogP contribution in [0.25, 0.3) is 278 Å². The Morgan fingerprint density at radius 2 is 0.400 bits per heavy atom. The van der Waals surface area contributed by atoms with Gasteiger partial charge in [0.15, 0.2) is 17.5 Å². The zero-order valence-corrected chi connectivity index (χ0v) is 83.4. The average Bonchev–Trinajstić information content (AvgIpc) is 1.58. The largest absolute Gasteiger partial charge is 0.309 e. The Balaban J connectivity index is 0.000000108. The number of hydrogen-bond donors (Lipinski definition) is 0. The number of rotatable bonds is 15. The van der Waals surface area contributed by atoms with Crippen molar-refractivity contribution in [2.75, 3.05) is 0 Å². The minimum atomic E-state index is 0.738. The SMILES string of the molecule is c1ccc(-c2nc(-c3ccccc3)c3sc4cccc(-c5cccc(-c6ccc7c(c6)c6ccccc6n7-c6ccccc6)c5)c4c3n2)cc1.c1ccc(-c2nc(-c3ccccc3)c3sc4cccc(-c5cccc(-c6ccc7c8ccccc8n(-c8ccccc8)c7c6)c5)c4c3n2)cc1.c1ccc(-c2nc(-c3ccccc3)c3sc4cccc(-c5cccc(-c6cccc7c6c6ccccc6n7-c6ccccc6)c5)c4c3n2)cc1. The fourth-order valence-electron chi connectivity index (χ4n) is 22.0. The van der Waals surface area contributed by atoms with Crippen molar-refractivity contribution in [1.82, 2.24) is 43.6 Å². The smallest absolute Gasteiger partial charge is 0.160 e. The highest BCUT2D eigenvalue weighted by Gasteiger charge is 2.27. The number of benzene rings is 21. The van der Waals surface area contributed by atoms with Gasteiger partial charge in [0.2, 0.25) is 0 Å². The van der Waals surface area contributed by atoms with Crippen LogP contribution in [-0.2, 0) is 0 Å². The first-order chi connectivity index (χ1) is 74.4. The molecule has 150 heavy (non-hydrogen) atoms. The van der Waals surface area contributed by atoms with Crippen LogP contribution in [0.2, 0.25) is 0 Å². The van der Waals surface area contributed by atoms with Crippen molar-refractivity contribution in [1.29, 1.82) is 0 Å². The minimum Gasteiger partial charge on any atom is -0.309 e. The van der Waals surface area contributed by atoms with E-state index in [1.807, 2.05) is 54.6 Å². The van der Waals surface area contributed by atoms with Gasteiger partial charge in [-0.3, -0.25) is 0 Å². The number of thiophene rings is 3. The Hall–Kier alpha value is -19.1. The first-order valence-corrected chi connectivity index (χ1v) is 53.0. The van der Waals surface area contributed by atoms with Gasteiger partial charge in [0.05, 0.1) is 80.8 Å². The van der Waals surface area contributed by atoms with Crippen molar-refractivity contribution in [2.45, 2.75) is 0 Å². The molecule has 30 rings (SSSR count). The lowest BCUT2D eigenvalue weighted by Crippen LogP contribution is -1.93. The lowest BCUT2D eigenvalue weighted by Gasteiger charge is -2.11. The number of para-hydroxylation sites is 6. The van der Waals surface area contributed by atoms with Gasteiger partial charge in [-0.25, -0.2) is 29.9 Å². The lowest BCUT2D eigenvalue weighted by atomic mass is 9.94. The van der Waals surface area contributed by atoms with Crippen LogP contribution in [0.4, 0.5) is 0 Å². The minimum absolute atomic E-state index is 0.738. The third kappa shape index (κ3) is 15.8. The van der Waals surface area contributed by atoms with Gasteiger partial charge in [-0.2, -0.15) is 0 Å². The average molecular weight is 1970 g/mol. The number of nitrogens with zero attached hydrogens (tertiary/aromatic N) is 9. The summed E-state index contributed by atoms with van der Waals surface area (Å²) in [5.74, 6) is 2.21. The maximum atomic E-state index is 5.29. The molecule has 21 aromatic carbocycles. The molecule has 0 saturated heterocycles. The molecule has 0 fully saturated rings. The lowest BCUT2D eigenvalue weighted by molar-refractivity contribution is 1.18. The van der Waals surface area contributed by atoms with Crippen LogP contribution in [0.5, 0.6) is 0 Å². The van der Waals surface area contributed by atoms with Crippen molar-refractivity contribution < 1.29 is 0 Å². The monoisotopic (exact) mass is 1970 g/mol. The number of aromatic nitrogens is 9. The maximum Gasteiger partial charge on any atom is 0.160 e. The first kappa shape index (κ1) is 88.6. The van der Waals surface area contributed by atoms with Crippen molar-refractivity contribution >= 4 is 160 Å². The van der Waals surface area contributed by atoms with Crippen molar-refractivity contribution in [2.24, 2.45) is 0 Å². The van der Waals surface area contributed by atoms with Gasteiger partial charge in [0, 0.05) is 113 Å². The fraction of sp³-hybridized carbons (Fsp3) is 0. The summed E-state index contributed by atoms with van der Waals surface area (Å²) >= 11 is 5.32. The van der Waals surface area contributed by atoms with E-state index in [9.17, 15) is 0 Å². The van der Waals surface area contributed by atoms with E-state index < -0.39 is 0 Å². The molecule has 0 spiro atoms. The topological polar surface area (TPSA) is 92.1 Å². The normalized spacial score (nSPS) is 11.6. The molecule has 0 radical (unpaired) electrons. The summed E-state index contributed by atoms with van der Waals surface area (Å²) in [6, 6.07) is 188. The summed E-state index contributed by atoms with van der Waals surface area (Å²) in [6.07, 6.45) is 0. The molecule has 9 nitrogen and oxygen atoms in total. The van der Waals surface area contributed by atoms with Crippen molar-refractivity contribution in [3.05, 3.63) is 528 Å². The fourth-order valence-corrected chi connectivity index (χ4v) is 25.6. The van der Waals surface area contributed by atoms with Gasteiger partial charge < -0.3 is 13.7 Å². The highest BCUT2D eigenvalue weighted by atomic mass is 32.1. The van der Waals surface area contributed by atoms with Gasteiger partial charge in [-0.1, -0.05) is 413 Å². The summed E-state index contributed by atoms with van der Waals surface area (Å²) < 4.78 is 14.0. The van der Waals surface area contributed by atoms with Gasteiger partial charge in [-0.15, -0.1) is 34.0 Å². The second-order valence-electron chi connectivity index (χ2n) is 37.7. The van der Waals surface area contributed by atoms with E-state index in [2.05, 4.69) is 487 Å². The van der Waals surface area contributed by atoms with E-state index in [0.29, 0.717) is 0 Å². The van der Waals surface area contributed by atoms with Crippen LogP contribution in [-0.4, -0.2) is 43.6 Å². The van der Waals surface area contributed by atoms with Gasteiger partial charge in [-0.05, 0) is 182 Å².